The molecule has 140 valence electrons. The summed E-state index contributed by atoms with van der Waals surface area (Å²) in [5.41, 5.74) is -0.933. The molecule has 27 heavy (non-hydrogen) atoms. The Kier molecular flexibility index (Phi) is 5.43. The molecular weight excluding hydrogens is 414 g/mol. The fourth-order valence-electron chi connectivity index (χ4n) is 3.17. The number of anilines is 1. The first-order valence-electron chi connectivity index (χ1n) is 8.45. The van der Waals surface area contributed by atoms with E-state index in [2.05, 4.69) is 15.9 Å². The second kappa shape index (κ2) is 7.62. The molecule has 3 rings (SSSR count). The molecule has 0 aliphatic carbocycles. The Morgan fingerprint density at radius 1 is 1.19 bits per heavy atom. The van der Waals surface area contributed by atoms with Crippen LogP contribution in [0.15, 0.2) is 53.0 Å². The lowest BCUT2D eigenvalue weighted by Crippen LogP contribution is -2.44. The second-order valence-corrected chi connectivity index (χ2v) is 7.10. The monoisotopic (exact) mass is 431 g/mol. The maximum Gasteiger partial charge on any atom is 0.326 e. The van der Waals surface area contributed by atoms with E-state index in [1.807, 2.05) is 0 Å². The van der Waals surface area contributed by atoms with E-state index in [4.69, 9.17) is 4.74 Å². The quantitative estimate of drug-likeness (QED) is 0.561. The molecule has 0 saturated heterocycles. The second-order valence-electron chi connectivity index (χ2n) is 6.18. The van der Waals surface area contributed by atoms with Gasteiger partial charge in [-0.2, -0.15) is 0 Å². The molecule has 1 N–H and O–H groups in total. The Bertz CT molecular complexity index is 913. The standard InChI is InChI=1S/C20H18BrNO5/c1-2-27-18(24)12-22-16-9-4-3-8-15(16)20(26,19(22)25)11-17(23)13-6-5-7-14(21)10-13/h3-10,26H,2,11-12H2,1H3/t20-/m1/s1. The van der Waals surface area contributed by atoms with Gasteiger partial charge in [-0.15, -0.1) is 0 Å². The van der Waals surface area contributed by atoms with Crippen molar-refractivity contribution in [3.05, 3.63) is 64.1 Å². The Labute approximate surface area is 164 Å². The van der Waals surface area contributed by atoms with Crippen molar-refractivity contribution in [1.82, 2.24) is 0 Å². The first kappa shape index (κ1) is 19.3. The summed E-state index contributed by atoms with van der Waals surface area (Å²) in [7, 11) is 0. The van der Waals surface area contributed by atoms with E-state index >= 15 is 0 Å². The predicted octanol–water partition coefficient (Wildman–Crippen LogP) is 2.82. The summed E-state index contributed by atoms with van der Waals surface area (Å²) in [6.07, 6.45) is -0.418. The fourth-order valence-corrected chi connectivity index (χ4v) is 3.57. The number of halogens is 1. The van der Waals surface area contributed by atoms with Gasteiger partial charge in [0.15, 0.2) is 11.4 Å². The van der Waals surface area contributed by atoms with Crippen LogP contribution in [0.3, 0.4) is 0 Å². The molecule has 1 aliphatic heterocycles. The highest BCUT2D eigenvalue weighted by atomic mass is 79.9. The molecule has 2 aromatic carbocycles. The van der Waals surface area contributed by atoms with Gasteiger partial charge in [0.1, 0.15) is 6.54 Å². The van der Waals surface area contributed by atoms with Crippen LogP contribution in [-0.2, 0) is 19.9 Å². The van der Waals surface area contributed by atoms with Crippen molar-refractivity contribution in [2.24, 2.45) is 0 Å². The number of ether oxygens (including phenoxy) is 1. The Hall–Kier alpha value is -2.51. The molecule has 0 unspecified atom stereocenters. The van der Waals surface area contributed by atoms with E-state index in [-0.39, 0.29) is 18.9 Å². The molecule has 0 fully saturated rings. The molecule has 1 atom stereocenters. The van der Waals surface area contributed by atoms with Gasteiger partial charge in [-0.25, -0.2) is 0 Å². The third kappa shape index (κ3) is 3.65. The van der Waals surface area contributed by atoms with Crippen LogP contribution in [0.1, 0.15) is 29.3 Å². The van der Waals surface area contributed by atoms with Crippen molar-refractivity contribution in [1.29, 1.82) is 0 Å². The van der Waals surface area contributed by atoms with Crippen LogP contribution in [0.25, 0.3) is 0 Å². The molecule has 7 heteroatoms. The summed E-state index contributed by atoms with van der Waals surface area (Å²) in [5.74, 6) is -1.66. The van der Waals surface area contributed by atoms with Gasteiger partial charge in [-0.05, 0) is 25.1 Å². The largest absolute Gasteiger partial charge is 0.465 e. The normalized spacial score (nSPS) is 18.3. The number of hydrogen-bond acceptors (Lipinski definition) is 5. The van der Waals surface area contributed by atoms with Gasteiger partial charge in [0.05, 0.1) is 18.7 Å². The molecule has 2 aromatic rings. The zero-order valence-corrected chi connectivity index (χ0v) is 16.2. The minimum atomic E-state index is -2.03. The topological polar surface area (TPSA) is 83.9 Å². The molecule has 1 aliphatic rings. The molecular formula is C20H18BrNO5. The lowest BCUT2D eigenvalue weighted by molar-refractivity contribution is -0.144. The molecule has 1 amide bonds. The smallest absolute Gasteiger partial charge is 0.326 e. The zero-order valence-electron chi connectivity index (χ0n) is 14.6. The maximum absolute atomic E-state index is 13.0. The highest BCUT2D eigenvalue weighted by Crippen LogP contribution is 2.42. The van der Waals surface area contributed by atoms with Crippen LogP contribution < -0.4 is 4.90 Å². The van der Waals surface area contributed by atoms with E-state index in [1.165, 1.54) is 4.90 Å². The van der Waals surface area contributed by atoms with E-state index in [9.17, 15) is 19.5 Å². The van der Waals surface area contributed by atoms with E-state index in [1.54, 1.807) is 55.5 Å². The lowest BCUT2D eigenvalue weighted by Gasteiger charge is -2.22. The third-order valence-corrected chi connectivity index (χ3v) is 4.89. The number of amides is 1. The van der Waals surface area contributed by atoms with E-state index < -0.39 is 23.9 Å². The summed E-state index contributed by atoms with van der Waals surface area (Å²) in [6.45, 7) is 1.54. The Balaban J connectivity index is 1.93. The van der Waals surface area contributed by atoms with Crippen molar-refractivity contribution >= 4 is 39.3 Å². The number of carbonyl (C=O) groups is 3. The van der Waals surface area contributed by atoms with Crippen molar-refractivity contribution in [2.75, 3.05) is 18.1 Å². The van der Waals surface area contributed by atoms with Crippen molar-refractivity contribution < 1.29 is 24.2 Å². The molecule has 0 spiro atoms. The van der Waals surface area contributed by atoms with Crippen LogP contribution in [0.4, 0.5) is 5.69 Å². The number of ketones is 1. The van der Waals surface area contributed by atoms with Crippen LogP contribution in [0.2, 0.25) is 0 Å². The molecule has 0 aromatic heterocycles. The van der Waals surface area contributed by atoms with Gasteiger partial charge in [0.25, 0.3) is 5.91 Å². The van der Waals surface area contributed by atoms with Crippen LogP contribution in [0, 0.1) is 0 Å². The number of hydrogen-bond donors (Lipinski definition) is 1. The minimum Gasteiger partial charge on any atom is -0.465 e. The maximum atomic E-state index is 13.0. The van der Waals surface area contributed by atoms with Crippen molar-refractivity contribution in [2.45, 2.75) is 18.9 Å². The highest BCUT2D eigenvalue weighted by molar-refractivity contribution is 9.10. The first-order chi connectivity index (χ1) is 12.9. The number of nitrogens with zero attached hydrogens (tertiary/aromatic N) is 1. The van der Waals surface area contributed by atoms with Gasteiger partial charge in [0, 0.05) is 15.6 Å². The average Bonchev–Trinajstić information content (AvgIpc) is 2.84. The van der Waals surface area contributed by atoms with Crippen molar-refractivity contribution in [3.63, 3.8) is 0 Å². The SMILES string of the molecule is CCOC(=O)CN1C(=O)[C@@](O)(CC(=O)c2cccc(Br)c2)c2ccccc21. The average molecular weight is 432 g/mol. The van der Waals surface area contributed by atoms with Crippen LogP contribution >= 0.6 is 15.9 Å². The summed E-state index contributed by atoms with van der Waals surface area (Å²) in [6, 6.07) is 13.3. The van der Waals surface area contributed by atoms with Gasteiger partial charge in [-0.3, -0.25) is 19.3 Å². The molecule has 0 bridgehead atoms. The number of fused-ring (bicyclic) bond motifs is 1. The van der Waals surface area contributed by atoms with Gasteiger partial charge in [-0.1, -0.05) is 46.3 Å². The van der Waals surface area contributed by atoms with Gasteiger partial charge >= 0.3 is 5.97 Å². The highest BCUT2D eigenvalue weighted by Gasteiger charge is 2.51. The minimum absolute atomic E-state index is 0.189. The summed E-state index contributed by atoms with van der Waals surface area (Å²) in [5, 5.41) is 11.2. The third-order valence-electron chi connectivity index (χ3n) is 4.39. The molecule has 0 radical (unpaired) electrons. The van der Waals surface area contributed by atoms with Gasteiger partial charge < -0.3 is 9.84 Å². The molecule has 1 heterocycles. The predicted molar refractivity (Wildman–Crippen MR) is 102 cm³/mol. The lowest BCUT2D eigenvalue weighted by atomic mass is 9.88. The fraction of sp³-hybridized carbons (Fsp3) is 0.250. The summed E-state index contributed by atoms with van der Waals surface area (Å²) in [4.78, 5) is 38.7. The van der Waals surface area contributed by atoms with Crippen molar-refractivity contribution in [3.8, 4) is 0 Å². The molecule has 6 nitrogen and oxygen atoms in total. The van der Waals surface area contributed by atoms with Crippen LogP contribution in [-0.4, -0.2) is 35.9 Å². The number of aliphatic hydroxyl groups is 1. The number of Topliss-reactive ketones (excluding diaryl/α,β-unsaturated/α-hetero) is 1. The van der Waals surface area contributed by atoms with E-state index in [0.29, 0.717) is 16.8 Å². The van der Waals surface area contributed by atoms with Gasteiger partial charge in [0.2, 0.25) is 0 Å². The number of para-hydroxylation sites is 1. The Morgan fingerprint density at radius 2 is 1.93 bits per heavy atom. The van der Waals surface area contributed by atoms with E-state index in [0.717, 1.165) is 4.47 Å². The number of benzene rings is 2. The number of rotatable bonds is 6. The number of carbonyl (C=O) groups excluding carboxylic acids is 3. The molecule has 0 saturated carbocycles. The summed E-state index contributed by atoms with van der Waals surface area (Å²) < 4.78 is 5.64. The Morgan fingerprint density at radius 3 is 2.63 bits per heavy atom. The first-order valence-corrected chi connectivity index (χ1v) is 9.24. The zero-order chi connectivity index (χ0) is 19.6. The van der Waals surface area contributed by atoms with Crippen LogP contribution in [0.5, 0.6) is 0 Å². The number of esters is 1. The summed E-state index contributed by atoms with van der Waals surface area (Å²) >= 11 is 3.30.